The molecule has 0 saturated heterocycles. The lowest BCUT2D eigenvalue weighted by Gasteiger charge is -2.11. The molecule has 0 bridgehead atoms. The van der Waals surface area contributed by atoms with E-state index in [2.05, 4.69) is 10.0 Å². The first-order valence-corrected chi connectivity index (χ1v) is 10.6. The van der Waals surface area contributed by atoms with E-state index in [9.17, 15) is 13.2 Å². The Morgan fingerprint density at radius 2 is 1.60 bits per heavy atom. The number of rotatable bonds is 8. The molecule has 0 aliphatic rings. The van der Waals surface area contributed by atoms with Gasteiger partial charge in [0, 0.05) is 17.8 Å². The van der Waals surface area contributed by atoms with Gasteiger partial charge in [-0.15, -0.1) is 0 Å². The van der Waals surface area contributed by atoms with Crippen molar-refractivity contribution in [2.75, 3.05) is 18.9 Å². The van der Waals surface area contributed by atoms with Gasteiger partial charge in [-0.3, -0.25) is 9.52 Å². The number of para-hydroxylation sites is 1. The van der Waals surface area contributed by atoms with Crippen molar-refractivity contribution in [2.24, 2.45) is 0 Å². The normalized spacial score (nSPS) is 10.9. The molecule has 0 unspecified atom stereocenters. The molecule has 0 aliphatic carbocycles. The summed E-state index contributed by atoms with van der Waals surface area (Å²) in [4.78, 5) is 12.6. The molecule has 0 aliphatic heterocycles. The standard InChI is InChI=1S/C22H22N2O5S/c1-28-20-12-11-16(13-21(20)29-2)15-23-22(25)17-7-6-10-19(14-17)30(26,27)24-18-8-4-3-5-9-18/h3-14,24H,15H2,1-2H3,(H,23,25). The van der Waals surface area contributed by atoms with Crippen molar-refractivity contribution in [3.8, 4) is 11.5 Å². The molecule has 0 spiro atoms. The highest BCUT2D eigenvalue weighted by Crippen LogP contribution is 2.27. The minimum atomic E-state index is -3.81. The molecular weight excluding hydrogens is 404 g/mol. The number of carbonyl (C=O) groups is 1. The second kappa shape index (κ2) is 9.32. The fourth-order valence-electron chi connectivity index (χ4n) is 2.80. The maximum absolute atomic E-state index is 12.6. The van der Waals surface area contributed by atoms with Crippen molar-refractivity contribution >= 4 is 21.6 Å². The van der Waals surface area contributed by atoms with Gasteiger partial charge in [0.2, 0.25) is 0 Å². The Morgan fingerprint density at radius 3 is 2.30 bits per heavy atom. The van der Waals surface area contributed by atoms with E-state index in [0.717, 1.165) is 5.56 Å². The van der Waals surface area contributed by atoms with Crippen LogP contribution in [0.25, 0.3) is 0 Å². The Bertz CT molecular complexity index is 1130. The van der Waals surface area contributed by atoms with Crippen LogP contribution in [-0.4, -0.2) is 28.5 Å². The molecule has 30 heavy (non-hydrogen) atoms. The molecule has 0 heterocycles. The highest BCUT2D eigenvalue weighted by atomic mass is 32.2. The predicted molar refractivity (Wildman–Crippen MR) is 114 cm³/mol. The van der Waals surface area contributed by atoms with Gasteiger partial charge in [0.05, 0.1) is 19.1 Å². The summed E-state index contributed by atoms with van der Waals surface area (Å²) in [6.45, 7) is 0.248. The first-order valence-electron chi connectivity index (χ1n) is 9.10. The van der Waals surface area contributed by atoms with Gasteiger partial charge >= 0.3 is 0 Å². The number of anilines is 1. The van der Waals surface area contributed by atoms with Gasteiger partial charge in [-0.2, -0.15) is 0 Å². The monoisotopic (exact) mass is 426 g/mol. The van der Waals surface area contributed by atoms with E-state index >= 15 is 0 Å². The molecule has 3 aromatic carbocycles. The third-order valence-electron chi connectivity index (χ3n) is 4.33. The van der Waals surface area contributed by atoms with Crippen molar-refractivity contribution in [1.29, 1.82) is 0 Å². The smallest absolute Gasteiger partial charge is 0.261 e. The lowest BCUT2D eigenvalue weighted by molar-refractivity contribution is 0.0950. The van der Waals surface area contributed by atoms with E-state index < -0.39 is 10.0 Å². The zero-order valence-electron chi connectivity index (χ0n) is 16.6. The highest BCUT2D eigenvalue weighted by molar-refractivity contribution is 7.92. The molecule has 3 rings (SSSR count). The average Bonchev–Trinajstić information content (AvgIpc) is 2.77. The van der Waals surface area contributed by atoms with E-state index in [1.165, 1.54) is 25.3 Å². The Kier molecular flexibility index (Phi) is 6.58. The largest absolute Gasteiger partial charge is 0.493 e. The Labute approximate surface area is 175 Å². The highest BCUT2D eigenvalue weighted by Gasteiger charge is 2.16. The van der Waals surface area contributed by atoms with Crippen LogP contribution in [0.1, 0.15) is 15.9 Å². The van der Waals surface area contributed by atoms with Crippen molar-refractivity contribution in [3.05, 3.63) is 83.9 Å². The fourth-order valence-corrected chi connectivity index (χ4v) is 3.90. The molecule has 0 radical (unpaired) electrons. The molecule has 8 heteroatoms. The maximum atomic E-state index is 12.6. The van der Waals surface area contributed by atoms with Crippen LogP contribution in [0.3, 0.4) is 0 Å². The molecule has 0 aromatic heterocycles. The van der Waals surface area contributed by atoms with Gasteiger partial charge in [-0.1, -0.05) is 30.3 Å². The van der Waals surface area contributed by atoms with Crippen LogP contribution in [0.15, 0.2) is 77.7 Å². The number of ether oxygens (including phenoxy) is 2. The molecule has 1 amide bonds. The minimum Gasteiger partial charge on any atom is -0.493 e. The first kappa shape index (κ1) is 21.2. The van der Waals surface area contributed by atoms with Crippen molar-refractivity contribution in [3.63, 3.8) is 0 Å². The van der Waals surface area contributed by atoms with Crippen molar-refractivity contribution in [1.82, 2.24) is 5.32 Å². The van der Waals surface area contributed by atoms with Crippen molar-refractivity contribution in [2.45, 2.75) is 11.4 Å². The van der Waals surface area contributed by atoms with Crippen LogP contribution < -0.4 is 19.5 Å². The molecule has 0 saturated carbocycles. The summed E-state index contributed by atoms with van der Waals surface area (Å²) in [5, 5.41) is 2.78. The van der Waals surface area contributed by atoms with Gasteiger partial charge in [0.1, 0.15) is 0 Å². The van der Waals surface area contributed by atoms with Gasteiger partial charge in [0.25, 0.3) is 15.9 Å². The zero-order valence-corrected chi connectivity index (χ0v) is 17.4. The summed E-state index contributed by atoms with van der Waals surface area (Å²) in [6.07, 6.45) is 0. The number of methoxy groups -OCH3 is 2. The quantitative estimate of drug-likeness (QED) is 0.576. The molecule has 3 aromatic rings. The number of hydrogen-bond donors (Lipinski definition) is 2. The SMILES string of the molecule is COc1ccc(CNC(=O)c2cccc(S(=O)(=O)Nc3ccccc3)c2)cc1OC. The minimum absolute atomic E-state index is 0.00474. The van der Waals surface area contributed by atoms with Crippen LogP contribution in [-0.2, 0) is 16.6 Å². The fraction of sp³-hybridized carbons (Fsp3) is 0.136. The van der Waals surface area contributed by atoms with Crippen LogP contribution in [0.5, 0.6) is 11.5 Å². The summed E-state index contributed by atoms with van der Waals surface area (Å²) < 4.78 is 38.2. The van der Waals surface area contributed by atoms with Crippen LogP contribution in [0, 0.1) is 0 Å². The molecule has 156 valence electrons. The van der Waals surface area contributed by atoms with Gasteiger partial charge in [0.15, 0.2) is 11.5 Å². The zero-order chi connectivity index (χ0) is 21.6. The summed E-state index contributed by atoms with van der Waals surface area (Å²) >= 11 is 0. The number of benzene rings is 3. The Balaban J connectivity index is 1.72. The predicted octanol–water partition coefficient (Wildman–Crippen LogP) is 3.43. The van der Waals surface area contributed by atoms with Gasteiger partial charge in [-0.25, -0.2) is 8.42 Å². The number of sulfonamides is 1. The van der Waals surface area contributed by atoms with E-state index in [1.54, 1.807) is 55.6 Å². The summed E-state index contributed by atoms with van der Waals surface area (Å²) in [5.74, 6) is 0.766. The molecule has 7 nitrogen and oxygen atoms in total. The topological polar surface area (TPSA) is 93.7 Å². The van der Waals surface area contributed by atoms with E-state index in [0.29, 0.717) is 17.2 Å². The number of hydrogen-bond acceptors (Lipinski definition) is 5. The summed E-state index contributed by atoms with van der Waals surface area (Å²) in [6, 6.07) is 19.8. The number of amides is 1. The van der Waals surface area contributed by atoms with Crippen LogP contribution in [0.2, 0.25) is 0 Å². The first-order chi connectivity index (χ1) is 14.4. The maximum Gasteiger partial charge on any atom is 0.261 e. The third-order valence-corrected chi connectivity index (χ3v) is 5.71. The van der Waals surface area contributed by atoms with Gasteiger partial charge < -0.3 is 14.8 Å². The van der Waals surface area contributed by atoms with Crippen LogP contribution >= 0.6 is 0 Å². The molecule has 0 fully saturated rings. The molecular formula is C22H22N2O5S. The second-order valence-electron chi connectivity index (χ2n) is 6.37. The summed E-state index contributed by atoms with van der Waals surface area (Å²) in [5.41, 5.74) is 1.50. The van der Waals surface area contributed by atoms with Crippen LogP contribution in [0.4, 0.5) is 5.69 Å². The Morgan fingerprint density at radius 1 is 0.867 bits per heavy atom. The van der Waals surface area contributed by atoms with E-state index in [4.69, 9.17) is 9.47 Å². The summed E-state index contributed by atoms with van der Waals surface area (Å²) in [7, 11) is -0.728. The molecule has 0 atom stereocenters. The Hall–Kier alpha value is -3.52. The van der Waals surface area contributed by atoms with Gasteiger partial charge in [-0.05, 0) is 48.0 Å². The number of carbonyl (C=O) groups excluding carboxylic acids is 1. The van der Waals surface area contributed by atoms with Crippen molar-refractivity contribution < 1.29 is 22.7 Å². The number of nitrogens with one attached hydrogen (secondary N) is 2. The average molecular weight is 426 g/mol. The van der Waals surface area contributed by atoms with E-state index in [1.807, 2.05) is 6.07 Å². The second-order valence-corrected chi connectivity index (χ2v) is 8.05. The lowest BCUT2D eigenvalue weighted by Crippen LogP contribution is -2.23. The third kappa shape index (κ3) is 5.09. The van der Waals surface area contributed by atoms with E-state index in [-0.39, 0.29) is 22.9 Å². The molecule has 2 N–H and O–H groups in total. The lowest BCUT2D eigenvalue weighted by atomic mass is 10.1.